The van der Waals surface area contributed by atoms with Crippen LogP contribution < -0.4 is 14.4 Å². The third-order valence-electron chi connectivity index (χ3n) is 6.98. The van der Waals surface area contributed by atoms with Gasteiger partial charge in [0.15, 0.2) is 0 Å². The number of amides is 2. The van der Waals surface area contributed by atoms with Gasteiger partial charge in [-0.25, -0.2) is 8.42 Å². The minimum absolute atomic E-state index is 0.106. The van der Waals surface area contributed by atoms with Gasteiger partial charge in [0.2, 0.25) is 21.8 Å². The van der Waals surface area contributed by atoms with E-state index in [2.05, 4.69) is 5.32 Å². The van der Waals surface area contributed by atoms with Crippen LogP contribution in [0.5, 0.6) is 5.75 Å². The molecule has 0 saturated heterocycles. The SMILES string of the molecule is CC[C@@H](C)NC(=O)[C@H](Cc1ccccc1)N(Cc1ccccc1C)C(=O)CN(c1ccc(OC)c(Cl)c1)S(C)(=O)=O. The van der Waals surface area contributed by atoms with Gasteiger partial charge in [0.05, 0.1) is 24.1 Å². The Morgan fingerprint density at radius 2 is 1.68 bits per heavy atom. The summed E-state index contributed by atoms with van der Waals surface area (Å²) in [6, 6.07) is 20.6. The molecule has 3 aromatic rings. The average Bonchev–Trinajstić information content (AvgIpc) is 2.94. The highest BCUT2D eigenvalue weighted by atomic mass is 35.5. The number of sulfonamides is 1. The number of carbonyl (C=O) groups excluding carboxylic acids is 2. The highest BCUT2D eigenvalue weighted by Gasteiger charge is 2.33. The largest absolute Gasteiger partial charge is 0.495 e. The van der Waals surface area contributed by atoms with Gasteiger partial charge in [-0.1, -0.05) is 73.1 Å². The summed E-state index contributed by atoms with van der Waals surface area (Å²) in [7, 11) is -2.45. The lowest BCUT2D eigenvalue weighted by molar-refractivity contribution is -0.140. The van der Waals surface area contributed by atoms with E-state index in [-0.39, 0.29) is 35.6 Å². The second kappa shape index (κ2) is 14.4. The number of carbonyl (C=O) groups is 2. The molecule has 2 atom stereocenters. The van der Waals surface area contributed by atoms with Crippen LogP contribution in [0.4, 0.5) is 5.69 Å². The number of aryl methyl sites for hydroxylation is 1. The first kappa shape index (κ1) is 32.0. The van der Waals surface area contributed by atoms with Gasteiger partial charge < -0.3 is 15.0 Å². The van der Waals surface area contributed by atoms with Crippen molar-refractivity contribution >= 4 is 39.1 Å². The Balaban J connectivity index is 2.08. The van der Waals surface area contributed by atoms with E-state index in [1.807, 2.05) is 75.4 Å². The van der Waals surface area contributed by atoms with Crippen LogP contribution in [0.15, 0.2) is 72.8 Å². The molecule has 8 nitrogen and oxygen atoms in total. The molecule has 0 aliphatic carbocycles. The number of halogens is 1. The van der Waals surface area contributed by atoms with Crippen molar-refractivity contribution in [2.24, 2.45) is 0 Å². The molecule has 220 valence electrons. The lowest BCUT2D eigenvalue weighted by Crippen LogP contribution is -2.54. The predicted molar refractivity (Wildman–Crippen MR) is 164 cm³/mol. The van der Waals surface area contributed by atoms with Gasteiger partial charge in [0, 0.05) is 19.0 Å². The molecule has 0 aliphatic heterocycles. The van der Waals surface area contributed by atoms with Gasteiger partial charge in [-0.05, 0) is 55.2 Å². The van der Waals surface area contributed by atoms with Crippen LogP contribution in [0, 0.1) is 6.92 Å². The second-order valence-electron chi connectivity index (χ2n) is 10.1. The van der Waals surface area contributed by atoms with E-state index in [1.165, 1.54) is 24.1 Å². The van der Waals surface area contributed by atoms with Crippen LogP contribution in [0.25, 0.3) is 0 Å². The van der Waals surface area contributed by atoms with E-state index < -0.39 is 28.5 Å². The quantitative estimate of drug-likeness (QED) is 0.299. The molecule has 0 aliphatic rings. The van der Waals surface area contributed by atoms with E-state index >= 15 is 0 Å². The van der Waals surface area contributed by atoms with Crippen LogP contribution in [-0.2, 0) is 32.6 Å². The van der Waals surface area contributed by atoms with Crippen molar-refractivity contribution < 1.29 is 22.7 Å². The molecular formula is C31H38ClN3O5S. The molecule has 10 heteroatoms. The van der Waals surface area contributed by atoms with Crippen LogP contribution in [0.1, 0.15) is 37.0 Å². The summed E-state index contributed by atoms with van der Waals surface area (Å²) in [5.41, 5.74) is 2.90. The lowest BCUT2D eigenvalue weighted by atomic mass is 10.0. The Morgan fingerprint density at radius 3 is 2.27 bits per heavy atom. The van der Waals surface area contributed by atoms with E-state index in [9.17, 15) is 18.0 Å². The first-order valence-corrected chi connectivity index (χ1v) is 15.7. The normalized spacial score (nSPS) is 12.7. The number of nitrogens with zero attached hydrogens (tertiary/aromatic N) is 2. The van der Waals surface area contributed by atoms with Gasteiger partial charge in [-0.2, -0.15) is 0 Å². The highest BCUT2D eigenvalue weighted by molar-refractivity contribution is 7.92. The molecule has 3 aromatic carbocycles. The number of hydrogen-bond acceptors (Lipinski definition) is 5. The molecular weight excluding hydrogens is 562 g/mol. The molecule has 0 fully saturated rings. The number of ether oxygens (including phenoxy) is 1. The standard InChI is InChI=1S/C31H38ClN3O5S/c1-6-23(3)33-31(37)28(18-24-13-8-7-9-14-24)34(20-25-15-11-10-12-22(25)2)30(36)21-35(41(5,38)39)26-16-17-29(40-4)27(32)19-26/h7-17,19,23,28H,6,18,20-21H2,1-5H3,(H,33,37)/t23-,28+/m1/s1. The molecule has 41 heavy (non-hydrogen) atoms. The summed E-state index contributed by atoms with van der Waals surface area (Å²) in [6.45, 7) is 5.42. The molecule has 0 radical (unpaired) electrons. The first-order valence-electron chi connectivity index (χ1n) is 13.4. The fourth-order valence-corrected chi connectivity index (χ4v) is 5.48. The maximum Gasteiger partial charge on any atom is 0.244 e. The van der Waals surface area contributed by atoms with Gasteiger partial charge in [0.25, 0.3) is 0 Å². The minimum atomic E-state index is -3.91. The minimum Gasteiger partial charge on any atom is -0.495 e. The summed E-state index contributed by atoms with van der Waals surface area (Å²) in [4.78, 5) is 29.4. The van der Waals surface area contributed by atoms with Crippen molar-refractivity contribution in [3.05, 3.63) is 94.5 Å². The molecule has 0 unspecified atom stereocenters. The van der Waals surface area contributed by atoms with Gasteiger partial charge in [0.1, 0.15) is 18.3 Å². The van der Waals surface area contributed by atoms with Gasteiger partial charge >= 0.3 is 0 Å². The van der Waals surface area contributed by atoms with Crippen LogP contribution in [0.2, 0.25) is 5.02 Å². The molecule has 1 N–H and O–H groups in total. The fourth-order valence-electron chi connectivity index (χ4n) is 4.39. The van der Waals surface area contributed by atoms with Crippen LogP contribution in [0.3, 0.4) is 0 Å². The van der Waals surface area contributed by atoms with Gasteiger partial charge in [-0.3, -0.25) is 13.9 Å². The monoisotopic (exact) mass is 599 g/mol. The van der Waals surface area contributed by atoms with E-state index in [0.29, 0.717) is 5.75 Å². The molecule has 0 heterocycles. The Labute approximate surface area is 248 Å². The molecule has 0 aromatic heterocycles. The number of hydrogen-bond donors (Lipinski definition) is 1. The zero-order valence-electron chi connectivity index (χ0n) is 24.1. The number of benzene rings is 3. The molecule has 0 spiro atoms. The highest BCUT2D eigenvalue weighted by Crippen LogP contribution is 2.30. The number of methoxy groups -OCH3 is 1. The van der Waals surface area contributed by atoms with Crippen molar-refractivity contribution in [1.29, 1.82) is 0 Å². The van der Waals surface area contributed by atoms with Crippen molar-refractivity contribution in [3.8, 4) is 5.75 Å². The molecule has 0 saturated carbocycles. The lowest BCUT2D eigenvalue weighted by Gasteiger charge is -2.34. The van der Waals surface area contributed by atoms with E-state index in [4.69, 9.17) is 16.3 Å². The van der Waals surface area contributed by atoms with E-state index in [0.717, 1.165) is 33.7 Å². The average molecular weight is 600 g/mol. The Kier molecular flexibility index (Phi) is 11.2. The Bertz CT molecular complexity index is 1450. The van der Waals surface area contributed by atoms with Gasteiger partial charge in [-0.15, -0.1) is 0 Å². The predicted octanol–water partition coefficient (Wildman–Crippen LogP) is 4.98. The second-order valence-corrected chi connectivity index (χ2v) is 12.4. The maximum absolute atomic E-state index is 14.2. The summed E-state index contributed by atoms with van der Waals surface area (Å²) in [6.07, 6.45) is 2.00. The Hall–Kier alpha value is -3.56. The number of anilines is 1. The number of nitrogens with one attached hydrogen (secondary N) is 1. The van der Waals surface area contributed by atoms with Crippen molar-refractivity contribution in [2.75, 3.05) is 24.2 Å². The van der Waals surface area contributed by atoms with Crippen molar-refractivity contribution in [2.45, 2.75) is 52.2 Å². The maximum atomic E-state index is 14.2. The van der Waals surface area contributed by atoms with Crippen molar-refractivity contribution in [1.82, 2.24) is 10.2 Å². The van der Waals surface area contributed by atoms with Crippen LogP contribution in [-0.4, -0.2) is 57.1 Å². The third-order valence-corrected chi connectivity index (χ3v) is 8.41. The summed E-state index contributed by atoms with van der Waals surface area (Å²) in [5.74, 6) is -0.449. The number of rotatable bonds is 13. The molecule has 2 amide bonds. The molecule has 0 bridgehead atoms. The van der Waals surface area contributed by atoms with E-state index in [1.54, 1.807) is 6.07 Å². The van der Waals surface area contributed by atoms with Crippen LogP contribution >= 0.6 is 11.6 Å². The first-order chi connectivity index (χ1) is 19.4. The third kappa shape index (κ3) is 8.71. The fraction of sp³-hybridized carbons (Fsp3) is 0.355. The topological polar surface area (TPSA) is 96.0 Å². The Morgan fingerprint density at radius 1 is 1.02 bits per heavy atom. The summed E-state index contributed by atoms with van der Waals surface area (Å²) >= 11 is 6.30. The molecule has 3 rings (SSSR count). The van der Waals surface area contributed by atoms with Crippen molar-refractivity contribution in [3.63, 3.8) is 0 Å². The zero-order valence-corrected chi connectivity index (χ0v) is 25.7. The zero-order chi connectivity index (χ0) is 30.2. The summed E-state index contributed by atoms with van der Waals surface area (Å²) < 4.78 is 32.1. The summed E-state index contributed by atoms with van der Waals surface area (Å²) in [5, 5.41) is 3.23. The smallest absolute Gasteiger partial charge is 0.244 e.